The molecule has 25 heavy (non-hydrogen) atoms. The minimum Gasteiger partial charge on any atom is -0.483 e. The fourth-order valence-corrected chi connectivity index (χ4v) is 2.53. The Bertz CT molecular complexity index is 756. The smallest absolute Gasteiger partial charge is 0.277 e. The van der Waals surface area contributed by atoms with Gasteiger partial charge >= 0.3 is 0 Å². The highest BCUT2D eigenvalue weighted by Crippen LogP contribution is 2.29. The molecule has 2 aromatic rings. The molecule has 0 atom stereocenters. The zero-order chi connectivity index (χ0) is 18.1. The first-order chi connectivity index (χ1) is 12.1. The zero-order valence-electron chi connectivity index (χ0n) is 14.3. The van der Waals surface area contributed by atoms with Crippen molar-refractivity contribution >= 4 is 34.1 Å². The lowest BCUT2D eigenvalue weighted by Crippen LogP contribution is -2.24. The lowest BCUT2D eigenvalue weighted by molar-refractivity contribution is -0.123. The van der Waals surface area contributed by atoms with Crippen molar-refractivity contribution in [2.45, 2.75) is 19.8 Å². The second-order valence-corrected chi connectivity index (χ2v) is 6.62. The summed E-state index contributed by atoms with van der Waals surface area (Å²) in [4.78, 5) is 11.8. The van der Waals surface area contributed by atoms with Crippen LogP contribution < -0.4 is 10.2 Å². The number of carbonyl (C=O) groups excluding carboxylic acids is 1. The van der Waals surface area contributed by atoms with Gasteiger partial charge in [-0.1, -0.05) is 66.2 Å². The van der Waals surface area contributed by atoms with Gasteiger partial charge < -0.3 is 4.74 Å². The van der Waals surface area contributed by atoms with E-state index in [9.17, 15) is 4.79 Å². The monoisotopic (exact) mass is 400 g/mol. The molecular formula is C20H21BrN2O2. The molecular weight excluding hydrogens is 380 g/mol. The molecule has 0 saturated carbocycles. The number of ether oxygens (including phenoxy) is 1. The summed E-state index contributed by atoms with van der Waals surface area (Å²) in [5.74, 6) is 0.708. The maximum Gasteiger partial charge on any atom is 0.277 e. The first-order valence-corrected chi connectivity index (χ1v) is 8.81. The number of nitrogens with one attached hydrogen (secondary N) is 1. The highest BCUT2D eigenvalue weighted by molar-refractivity contribution is 9.10. The Hall–Kier alpha value is -2.40. The molecule has 1 N–H and O–H groups in total. The van der Waals surface area contributed by atoms with Gasteiger partial charge in [0, 0.05) is 10.7 Å². The van der Waals surface area contributed by atoms with E-state index < -0.39 is 0 Å². The van der Waals surface area contributed by atoms with Gasteiger partial charge in [-0.3, -0.25) is 4.79 Å². The topological polar surface area (TPSA) is 50.7 Å². The van der Waals surface area contributed by atoms with Gasteiger partial charge in [0.05, 0.1) is 0 Å². The largest absolute Gasteiger partial charge is 0.483 e. The van der Waals surface area contributed by atoms with Crippen LogP contribution in [0.1, 0.15) is 30.9 Å². The fraction of sp³-hybridized carbons (Fsp3) is 0.200. The Balaban J connectivity index is 1.81. The van der Waals surface area contributed by atoms with E-state index in [-0.39, 0.29) is 12.5 Å². The average Bonchev–Trinajstić information content (AvgIpc) is 2.61. The summed E-state index contributed by atoms with van der Waals surface area (Å²) in [5, 5.41) is 3.87. The van der Waals surface area contributed by atoms with Crippen LogP contribution in [-0.4, -0.2) is 18.7 Å². The molecule has 130 valence electrons. The molecule has 0 aliphatic heterocycles. The molecule has 2 rings (SSSR count). The number of allylic oxidation sites excluding steroid dienone is 1. The van der Waals surface area contributed by atoms with Crippen LogP contribution in [0, 0.1) is 0 Å². The Morgan fingerprint density at radius 3 is 2.72 bits per heavy atom. The van der Waals surface area contributed by atoms with Gasteiger partial charge in [-0.25, -0.2) is 5.43 Å². The molecule has 0 spiro atoms. The van der Waals surface area contributed by atoms with Crippen LogP contribution in [0.5, 0.6) is 5.75 Å². The molecule has 0 aromatic heterocycles. The van der Waals surface area contributed by atoms with Crippen molar-refractivity contribution in [3.63, 3.8) is 0 Å². The third-order valence-electron chi connectivity index (χ3n) is 3.39. The first-order valence-electron chi connectivity index (χ1n) is 8.02. The summed E-state index contributed by atoms with van der Waals surface area (Å²) >= 11 is 3.45. The number of rotatable bonds is 7. The predicted molar refractivity (Wildman–Crippen MR) is 106 cm³/mol. The molecule has 0 aliphatic rings. The maximum absolute atomic E-state index is 11.8. The van der Waals surface area contributed by atoms with Gasteiger partial charge in [0.2, 0.25) is 0 Å². The van der Waals surface area contributed by atoms with Crippen molar-refractivity contribution in [3.8, 4) is 5.75 Å². The third-order valence-corrected chi connectivity index (χ3v) is 3.88. The van der Waals surface area contributed by atoms with Gasteiger partial charge in [0.15, 0.2) is 6.61 Å². The van der Waals surface area contributed by atoms with Crippen molar-refractivity contribution < 1.29 is 9.53 Å². The minimum atomic E-state index is -0.304. The summed E-state index contributed by atoms with van der Waals surface area (Å²) in [6.07, 6.45) is 5.20. The van der Waals surface area contributed by atoms with Gasteiger partial charge in [0.1, 0.15) is 5.75 Å². The predicted octanol–water partition coefficient (Wildman–Crippen LogP) is 4.77. The van der Waals surface area contributed by atoms with E-state index in [0.29, 0.717) is 11.7 Å². The van der Waals surface area contributed by atoms with Crippen LogP contribution in [0.25, 0.3) is 6.08 Å². The number of nitrogens with zero attached hydrogens (tertiary/aromatic N) is 1. The van der Waals surface area contributed by atoms with Gasteiger partial charge in [-0.2, -0.15) is 5.10 Å². The Kier molecular flexibility index (Phi) is 7.41. The van der Waals surface area contributed by atoms with Crippen molar-refractivity contribution in [2.75, 3.05) is 6.61 Å². The molecule has 4 nitrogen and oxygen atoms in total. The van der Waals surface area contributed by atoms with E-state index in [4.69, 9.17) is 4.74 Å². The Labute approximate surface area is 156 Å². The van der Waals surface area contributed by atoms with Gasteiger partial charge in [-0.05, 0) is 41.3 Å². The second kappa shape index (κ2) is 9.79. The van der Waals surface area contributed by atoms with Gasteiger partial charge in [-0.15, -0.1) is 0 Å². The van der Waals surface area contributed by atoms with Crippen molar-refractivity contribution in [1.29, 1.82) is 0 Å². The molecule has 0 aliphatic carbocycles. The number of halogens is 1. The highest BCUT2D eigenvalue weighted by Gasteiger charge is 2.10. The number of hydrogen-bond donors (Lipinski definition) is 1. The van der Waals surface area contributed by atoms with Crippen LogP contribution in [0.15, 0.2) is 64.2 Å². The molecule has 0 saturated heterocycles. The first kappa shape index (κ1) is 18.9. The quantitative estimate of drug-likeness (QED) is 0.537. The molecule has 2 aromatic carbocycles. The summed E-state index contributed by atoms with van der Waals surface area (Å²) in [5.41, 5.74) is 4.57. The van der Waals surface area contributed by atoms with Gasteiger partial charge in [0.25, 0.3) is 5.91 Å². The van der Waals surface area contributed by atoms with Crippen LogP contribution in [-0.2, 0) is 4.79 Å². The van der Waals surface area contributed by atoms with E-state index in [0.717, 1.165) is 15.6 Å². The lowest BCUT2D eigenvalue weighted by atomic mass is 10.0. The summed E-state index contributed by atoms with van der Waals surface area (Å²) < 4.78 is 6.61. The third kappa shape index (κ3) is 6.55. The zero-order valence-corrected chi connectivity index (χ0v) is 15.9. The molecule has 0 radical (unpaired) electrons. The van der Waals surface area contributed by atoms with Crippen molar-refractivity contribution in [1.82, 2.24) is 5.43 Å². The van der Waals surface area contributed by atoms with Crippen molar-refractivity contribution in [2.24, 2.45) is 5.10 Å². The molecule has 0 fully saturated rings. The van der Waals surface area contributed by atoms with E-state index in [1.54, 1.807) is 6.08 Å². The summed E-state index contributed by atoms with van der Waals surface area (Å²) in [6, 6.07) is 15.6. The molecule has 0 heterocycles. The highest BCUT2D eigenvalue weighted by atomic mass is 79.9. The van der Waals surface area contributed by atoms with E-state index in [1.165, 1.54) is 6.21 Å². The maximum atomic E-state index is 11.8. The normalized spacial score (nSPS) is 11.4. The van der Waals surface area contributed by atoms with E-state index in [1.807, 2.05) is 54.6 Å². The number of hydrazone groups is 1. The molecule has 0 bridgehead atoms. The number of benzene rings is 2. The summed E-state index contributed by atoms with van der Waals surface area (Å²) in [7, 11) is 0. The van der Waals surface area contributed by atoms with Crippen LogP contribution in [0.4, 0.5) is 0 Å². The standard InChI is InChI=1S/C20H21BrN2O2/c1-15(2)18-13-17(21)10-11-19(18)25-14-20(24)23-22-12-6-9-16-7-4-3-5-8-16/h3-13,15H,14H2,1-2H3,(H,23,24)/b9-6+,22-12+. The number of carbonyl (C=O) groups is 1. The lowest BCUT2D eigenvalue weighted by Gasteiger charge is -2.13. The van der Waals surface area contributed by atoms with Crippen LogP contribution in [0.3, 0.4) is 0 Å². The van der Waals surface area contributed by atoms with Crippen molar-refractivity contribution in [3.05, 3.63) is 70.2 Å². The number of amides is 1. The molecule has 1 amide bonds. The van der Waals surface area contributed by atoms with E-state index in [2.05, 4.69) is 40.3 Å². The second-order valence-electron chi connectivity index (χ2n) is 5.71. The minimum absolute atomic E-state index is 0.0823. The SMILES string of the molecule is CC(C)c1cc(Br)ccc1OCC(=O)N/N=C/C=C/c1ccccc1. The Morgan fingerprint density at radius 1 is 1.24 bits per heavy atom. The van der Waals surface area contributed by atoms with Crippen LogP contribution >= 0.6 is 15.9 Å². The number of hydrogen-bond acceptors (Lipinski definition) is 3. The molecule has 5 heteroatoms. The molecule has 0 unspecified atom stereocenters. The average molecular weight is 401 g/mol. The van der Waals surface area contributed by atoms with E-state index >= 15 is 0 Å². The van der Waals surface area contributed by atoms with Crippen LogP contribution in [0.2, 0.25) is 0 Å². The fourth-order valence-electron chi connectivity index (χ4n) is 2.15. The Morgan fingerprint density at radius 2 is 2.00 bits per heavy atom. The summed E-state index contributed by atoms with van der Waals surface area (Å²) in [6.45, 7) is 4.08.